The molecule has 2 heteroatoms. The largest absolute Gasteiger partial charge is 0.383 e. The summed E-state index contributed by atoms with van der Waals surface area (Å²) in [5, 5.41) is 6.71. The highest BCUT2D eigenvalue weighted by Gasteiger charge is 2.18. The number of anilines is 1. The third-order valence-electron chi connectivity index (χ3n) is 2.67. The van der Waals surface area contributed by atoms with Crippen molar-refractivity contribution in [2.75, 3.05) is 11.9 Å². The van der Waals surface area contributed by atoms with Crippen molar-refractivity contribution < 1.29 is 0 Å². The van der Waals surface area contributed by atoms with E-state index in [1.165, 1.54) is 11.3 Å². The topological polar surface area (TPSA) is 24.1 Å². The summed E-state index contributed by atoms with van der Waals surface area (Å²) in [6.45, 7) is 8.38. The summed E-state index contributed by atoms with van der Waals surface area (Å²) < 4.78 is 0. The van der Waals surface area contributed by atoms with Gasteiger partial charge in [-0.25, -0.2) is 0 Å². The zero-order valence-electron chi connectivity index (χ0n) is 8.79. The molecule has 0 unspecified atom stereocenters. The fourth-order valence-corrected chi connectivity index (χ4v) is 1.83. The summed E-state index contributed by atoms with van der Waals surface area (Å²) in [5.41, 5.74) is 3.54. The van der Waals surface area contributed by atoms with Crippen molar-refractivity contribution in [2.24, 2.45) is 0 Å². The molecule has 1 aromatic carbocycles. The van der Waals surface area contributed by atoms with E-state index in [9.17, 15) is 0 Å². The Morgan fingerprint density at radius 3 is 3.07 bits per heavy atom. The average Bonchev–Trinajstić information content (AvgIpc) is 2.68. The highest BCUT2D eigenvalue weighted by atomic mass is 15.0. The van der Waals surface area contributed by atoms with Gasteiger partial charge in [0.25, 0.3) is 0 Å². The van der Waals surface area contributed by atoms with Gasteiger partial charge in [0.1, 0.15) is 0 Å². The summed E-state index contributed by atoms with van der Waals surface area (Å²) in [6, 6.07) is 8.89. The lowest BCUT2D eigenvalue weighted by molar-refractivity contribution is 0.683. The molecule has 2 N–H and O–H groups in total. The monoisotopic (exact) mass is 200 g/mol. The number of benzene rings is 1. The van der Waals surface area contributed by atoms with Crippen molar-refractivity contribution in [3.8, 4) is 0 Å². The molecule has 1 aliphatic heterocycles. The van der Waals surface area contributed by atoms with Crippen molar-refractivity contribution in [3.63, 3.8) is 0 Å². The maximum Gasteiger partial charge on any atom is 0.0475 e. The second-order valence-electron chi connectivity index (χ2n) is 3.81. The molecule has 15 heavy (non-hydrogen) atoms. The van der Waals surface area contributed by atoms with Gasteiger partial charge in [-0.15, -0.1) is 0 Å². The minimum Gasteiger partial charge on any atom is -0.383 e. The molecule has 0 saturated heterocycles. The number of allylic oxidation sites excluding steroid dienone is 1. The number of rotatable bonds is 4. The lowest BCUT2D eigenvalue weighted by Gasteiger charge is -2.13. The zero-order valence-corrected chi connectivity index (χ0v) is 8.79. The van der Waals surface area contributed by atoms with Crippen molar-refractivity contribution in [1.29, 1.82) is 0 Å². The summed E-state index contributed by atoms with van der Waals surface area (Å²) >= 11 is 0. The van der Waals surface area contributed by atoms with E-state index >= 15 is 0 Å². The van der Waals surface area contributed by atoms with E-state index in [1.54, 1.807) is 6.08 Å². The van der Waals surface area contributed by atoms with Gasteiger partial charge >= 0.3 is 0 Å². The van der Waals surface area contributed by atoms with Crippen LogP contribution in [0.2, 0.25) is 0 Å². The van der Waals surface area contributed by atoms with E-state index in [0.29, 0.717) is 6.04 Å². The first-order valence-electron chi connectivity index (χ1n) is 5.19. The van der Waals surface area contributed by atoms with Gasteiger partial charge in [-0.1, -0.05) is 31.4 Å². The maximum absolute atomic E-state index is 3.83. The van der Waals surface area contributed by atoms with Crippen molar-refractivity contribution >= 4 is 5.69 Å². The van der Waals surface area contributed by atoms with Crippen LogP contribution in [-0.4, -0.2) is 12.6 Å². The van der Waals surface area contributed by atoms with Crippen LogP contribution in [0.4, 0.5) is 5.69 Å². The first-order chi connectivity index (χ1) is 7.29. The number of hydrogen-bond donors (Lipinski definition) is 2. The van der Waals surface area contributed by atoms with E-state index in [-0.39, 0.29) is 0 Å². The van der Waals surface area contributed by atoms with Crippen LogP contribution in [0, 0.1) is 0 Å². The van der Waals surface area contributed by atoms with Crippen LogP contribution in [-0.2, 0) is 6.42 Å². The van der Waals surface area contributed by atoms with Crippen LogP contribution in [0.25, 0.3) is 0 Å². The summed E-state index contributed by atoms with van der Waals surface area (Å²) in [6.07, 6.45) is 2.82. The Hall–Kier alpha value is -1.70. The summed E-state index contributed by atoms with van der Waals surface area (Å²) in [4.78, 5) is 0. The second kappa shape index (κ2) is 4.22. The van der Waals surface area contributed by atoms with Crippen LogP contribution in [0.5, 0.6) is 0 Å². The highest BCUT2D eigenvalue weighted by molar-refractivity contribution is 5.56. The van der Waals surface area contributed by atoms with Gasteiger partial charge in [-0.2, -0.15) is 0 Å². The zero-order chi connectivity index (χ0) is 10.7. The number of fused-ring (bicyclic) bond motifs is 1. The highest BCUT2D eigenvalue weighted by Crippen LogP contribution is 2.24. The fraction of sp³-hybridized carbons (Fsp3) is 0.231. The van der Waals surface area contributed by atoms with Crippen molar-refractivity contribution in [3.05, 3.63) is 54.8 Å². The lowest BCUT2D eigenvalue weighted by atomic mass is 10.1. The molecule has 0 aromatic heterocycles. The molecule has 0 bridgehead atoms. The van der Waals surface area contributed by atoms with Gasteiger partial charge in [0.2, 0.25) is 0 Å². The van der Waals surface area contributed by atoms with Gasteiger partial charge in [0.05, 0.1) is 0 Å². The molecule has 0 amide bonds. The van der Waals surface area contributed by atoms with Crippen LogP contribution in [0.1, 0.15) is 5.56 Å². The molecule has 1 heterocycles. The molecule has 2 nitrogen and oxygen atoms in total. The van der Waals surface area contributed by atoms with Crippen LogP contribution >= 0.6 is 0 Å². The van der Waals surface area contributed by atoms with Gasteiger partial charge < -0.3 is 10.6 Å². The van der Waals surface area contributed by atoms with E-state index in [1.807, 2.05) is 0 Å². The van der Waals surface area contributed by atoms with Gasteiger partial charge in [0, 0.05) is 24.0 Å². The molecule has 78 valence electrons. The summed E-state index contributed by atoms with van der Waals surface area (Å²) in [5.74, 6) is 0. The smallest absolute Gasteiger partial charge is 0.0475 e. The SMILES string of the molecule is C=CC(=C)NC[C@@H]1Cc2ccccc2N1. The van der Waals surface area contributed by atoms with Gasteiger partial charge in [-0.3, -0.25) is 0 Å². The molecular weight excluding hydrogens is 184 g/mol. The lowest BCUT2D eigenvalue weighted by Crippen LogP contribution is -2.30. The molecule has 0 radical (unpaired) electrons. The first kappa shape index (κ1) is 9.84. The van der Waals surface area contributed by atoms with Crippen LogP contribution < -0.4 is 10.6 Å². The van der Waals surface area contributed by atoms with E-state index in [4.69, 9.17) is 0 Å². The Labute approximate surface area is 90.7 Å². The quantitative estimate of drug-likeness (QED) is 0.729. The second-order valence-corrected chi connectivity index (χ2v) is 3.81. The van der Waals surface area contributed by atoms with Crippen LogP contribution in [0.3, 0.4) is 0 Å². The molecule has 0 spiro atoms. The summed E-state index contributed by atoms with van der Waals surface area (Å²) in [7, 11) is 0. The molecule has 0 saturated carbocycles. The Balaban J connectivity index is 1.90. The van der Waals surface area contributed by atoms with E-state index in [0.717, 1.165) is 18.7 Å². The molecule has 2 rings (SSSR count). The molecule has 1 aliphatic rings. The van der Waals surface area contributed by atoms with E-state index < -0.39 is 0 Å². The average molecular weight is 200 g/mol. The number of nitrogens with one attached hydrogen (secondary N) is 2. The Kier molecular flexibility index (Phi) is 2.77. The van der Waals surface area contributed by atoms with Gasteiger partial charge in [-0.05, 0) is 24.1 Å². The molecule has 0 aliphatic carbocycles. The van der Waals surface area contributed by atoms with Gasteiger partial charge in [0.15, 0.2) is 0 Å². The minimum atomic E-state index is 0.457. The Bertz CT molecular complexity index is 357. The molecule has 1 aromatic rings. The molecule has 1 atom stereocenters. The standard InChI is InChI=1S/C13H16N2/c1-3-10(2)14-9-12-8-11-6-4-5-7-13(11)15-12/h3-7,12,14-15H,1-2,8-9H2/t12-/m0/s1. The molecule has 0 fully saturated rings. The van der Waals surface area contributed by atoms with Crippen molar-refractivity contribution in [1.82, 2.24) is 5.32 Å². The first-order valence-corrected chi connectivity index (χ1v) is 5.19. The third kappa shape index (κ3) is 2.21. The van der Waals surface area contributed by atoms with Crippen LogP contribution in [0.15, 0.2) is 49.2 Å². The minimum absolute atomic E-state index is 0.457. The van der Waals surface area contributed by atoms with Crippen molar-refractivity contribution in [2.45, 2.75) is 12.5 Å². The number of para-hydroxylation sites is 1. The number of hydrogen-bond acceptors (Lipinski definition) is 2. The normalized spacial score (nSPS) is 17.7. The third-order valence-corrected chi connectivity index (χ3v) is 2.67. The van der Waals surface area contributed by atoms with E-state index in [2.05, 4.69) is 48.1 Å². The fourth-order valence-electron chi connectivity index (χ4n) is 1.83. The molecular formula is C13H16N2. The predicted molar refractivity (Wildman–Crippen MR) is 64.9 cm³/mol. The Morgan fingerprint density at radius 2 is 2.33 bits per heavy atom. The Morgan fingerprint density at radius 1 is 1.53 bits per heavy atom. The predicted octanol–water partition coefficient (Wildman–Crippen LogP) is 2.31. The maximum atomic E-state index is 3.83.